The number of nitrogens with one attached hydrogen (secondary N) is 1. The van der Waals surface area contributed by atoms with Gasteiger partial charge in [0.25, 0.3) is 5.91 Å². The van der Waals surface area contributed by atoms with Gasteiger partial charge in [0.1, 0.15) is 11.0 Å². The third-order valence-electron chi connectivity index (χ3n) is 4.55. The van der Waals surface area contributed by atoms with Gasteiger partial charge in [0, 0.05) is 34.9 Å². The van der Waals surface area contributed by atoms with E-state index in [1.54, 1.807) is 24.4 Å². The van der Waals surface area contributed by atoms with Crippen molar-refractivity contribution in [3.63, 3.8) is 0 Å². The number of rotatable bonds is 3. The molecule has 0 fully saturated rings. The Morgan fingerprint density at radius 3 is 2.86 bits per heavy atom. The molecule has 7 nitrogen and oxygen atoms in total. The average Bonchev–Trinajstić information content (AvgIpc) is 3.32. The fourth-order valence-electron chi connectivity index (χ4n) is 3.15. The molecule has 0 radical (unpaired) electrons. The van der Waals surface area contributed by atoms with Gasteiger partial charge < -0.3 is 5.32 Å². The summed E-state index contributed by atoms with van der Waals surface area (Å²) >= 11 is 1.13. The molecule has 1 N–H and O–H groups in total. The van der Waals surface area contributed by atoms with E-state index in [9.17, 15) is 4.79 Å². The van der Waals surface area contributed by atoms with E-state index < -0.39 is 0 Å². The van der Waals surface area contributed by atoms with Gasteiger partial charge in [-0.05, 0) is 43.3 Å². The number of anilines is 1. The quantitative estimate of drug-likeness (QED) is 0.507. The zero-order valence-electron chi connectivity index (χ0n) is 14.8. The van der Waals surface area contributed by atoms with Crippen LogP contribution in [0.4, 0.5) is 5.69 Å². The van der Waals surface area contributed by atoms with E-state index in [1.165, 1.54) is 0 Å². The topological polar surface area (TPSA) is 85.1 Å². The predicted octanol–water partition coefficient (Wildman–Crippen LogP) is 3.96. The fraction of sp³-hybridized carbons (Fsp3) is 0.0500. The van der Waals surface area contributed by atoms with E-state index in [0.717, 1.165) is 39.7 Å². The molecule has 0 atom stereocenters. The molecule has 0 aliphatic carbocycles. The summed E-state index contributed by atoms with van der Waals surface area (Å²) < 4.78 is 10.3. The summed E-state index contributed by atoms with van der Waals surface area (Å²) in [5, 5.41) is 2.94. The number of aryl methyl sites for hydroxylation is 1. The minimum atomic E-state index is -0.194. The molecular formula is C20H14N6OS. The Bertz CT molecular complexity index is 1340. The lowest BCUT2D eigenvalue weighted by Gasteiger charge is -2.07. The van der Waals surface area contributed by atoms with Crippen LogP contribution in [-0.2, 0) is 0 Å². The first kappa shape index (κ1) is 16.5. The van der Waals surface area contributed by atoms with Crippen molar-refractivity contribution in [2.75, 3.05) is 5.32 Å². The smallest absolute Gasteiger partial charge is 0.255 e. The summed E-state index contributed by atoms with van der Waals surface area (Å²) in [4.78, 5) is 21.6. The number of hydrogen-bond donors (Lipinski definition) is 1. The first-order chi connectivity index (χ1) is 13.7. The number of nitrogens with zero attached hydrogens (tertiary/aromatic N) is 5. The van der Waals surface area contributed by atoms with E-state index in [2.05, 4.69) is 24.0 Å². The highest BCUT2D eigenvalue weighted by atomic mass is 32.1. The van der Waals surface area contributed by atoms with Gasteiger partial charge in [-0.2, -0.15) is 8.75 Å². The molecule has 136 valence electrons. The number of carbonyl (C=O) groups excluding carboxylic acids is 1. The van der Waals surface area contributed by atoms with Gasteiger partial charge in [-0.25, -0.2) is 9.97 Å². The number of amides is 1. The highest BCUT2D eigenvalue weighted by molar-refractivity contribution is 7.00. The SMILES string of the molecule is Cc1c(-c2cccc(NC(=O)c3ccc4nsnc4c3)c2)nc2ncccn12. The molecule has 2 aromatic carbocycles. The Morgan fingerprint density at radius 1 is 1.07 bits per heavy atom. The maximum Gasteiger partial charge on any atom is 0.255 e. The van der Waals surface area contributed by atoms with Gasteiger partial charge in [-0.1, -0.05) is 12.1 Å². The summed E-state index contributed by atoms with van der Waals surface area (Å²) in [7, 11) is 0. The Hall–Kier alpha value is -3.65. The molecule has 0 bridgehead atoms. The second-order valence-corrected chi connectivity index (χ2v) is 6.87. The van der Waals surface area contributed by atoms with Crippen molar-refractivity contribution in [2.24, 2.45) is 0 Å². The summed E-state index contributed by atoms with van der Waals surface area (Å²) in [5.74, 6) is 0.454. The third kappa shape index (κ3) is 2.80. The zero-order chi connectivity index (χ0) is 19.1. The van der Waals surface area contributed by atoms with Crippen molar-refractivity contribution in [2.45, 2.75) is 6.92 Å². The van der Waals surface area contributed by atoms with Crippen LogP contribution in [-0.4, -0.2) is 29.0 Å². The standard InChI is InChI=1S/C20H14N6OS/c1-12-18(23-20-21-8-3-9-26(12)20)13-4-2-5-15(10-13)22-19(27)14-6-7-16-17(11-14)25-28-24-16/h2-11H,1H3,(H,22,27). The van der Waals surface area contributed by atoms with Gasteiger partial charge >= 0.3 is 0 Å². The van der Waals surface area contributed by atoms with Crippen molar-refractivity contribution in [3.8, 4) is 11.3 Å². The largest absolute Gasteiger partial charge is 0.322 e. The number of fused-ring (bicyclic) bond motifs is 2. The molecule has 0 aliphatic rings. The van der Waals surface area contributed by atoms with E-state index in [0.29, 0.717) is 17.0 Å². The predicted molar refractivity (Wildman–Crippen MR) is 109 cm³/mol. The summed E-state index contributed by atoms with van der Waals surface area (Å²) in [6.45, 7) is 2.00. The molecule has 0 saturated carbocycles. The molecule has 5 rings (SSSR count). The molecule has 1 amide bonds. The highest BCUT2D eigenvalue weighted by Gasteiger charge is 2.13. The summed E-state index contributed by atoms with van der Waals surface area (Å²) in [6, 6.07) is 14.8. The monoisotopic (exact) mass is 386 g/mol. The number of aromatic nitrogens is 5. The molecule has 5 aromatic rings. The van der Waals surface area contributed by atoms with Gasteiger partial charge in [-0.15, -0.1) is 0 Å². The van der Waals surface area contributed by atoms with Gasteiger partial charge in [0.2, 0.25) is 5.78 Å². The maximum atomic E-state index is 12.6. The first-order valence-electron chi connectivity index (χ1n) is 8.63. The fourth-order valence-corrected chi connectivity index (χ4v) is 3.66. The second-order valence-electron chi connectivity index (χ2n) is 6.34. The Balaban J connectivity index is 1.46. The molecule has 28 heavy (non-hydrogen) atoms. The van der Waals surface area contributed by atoms with Gasteiger partial charge in [0.15, 0.2) is 0 Å². The van der Waals surface area contributed by atoms with Crippen molar-refractivity contribution in [1.29, 1.82) is 0 Å². The van der Waals surface area contributed by atoms with E-state index in [1.807, 2.05) is 47.9 Å². The lowest BCUT2D eigenvalue weighted by atomic mass is 10.1. The van der Waals surface area contributed by atoms with Crippen LogP contribution < -0.4 is 5.32 Å². The molecule has 0 aliphatic heterocycles. The van der Waals surface area contributed by atoms with Crippen LogP contribution in [0.2, 0.25) is 0 Å². The van der Waals surface area contributed by atoms with Gasteiger partial charge in [0.05, 0.1) is 17.4 Å². The zero-order valence-corrected chi connectivity index (χ0v) is 15.6. The molecule has 8 heteroatoms. The van der Waals surface area contributed by atoms with Crippen LogP contribution >= 0.6 is 11.7 Å². The summed E-state index contributed by atoms with van der Waals surface area (Å²) in [5.41, 5.74) is 5.50. The summed E-state index contributed by atoms with van der Waals surface area (Å²) in [6.07, 6.45) is 3.65. The van der Waals surface area contributed by atoms with Crippen molar-refractivity contribution in [1.82, 2.24) is 23.1 Å². The molecule has 0 spiro atoms. The molecular weight excluding hydrogens is 372 g/mol. The number of imidazole rings is 1. The second kappa shape index (κ2) is 6.50. The Labute approximate surface area is 164 Å². The van der Waals surface area contributed by atoms with E-state index >= 15 is 0 Å². The highest BCUT2D eigenvalue weighted by Crippen LogP contribution is 2.26. The van der Waals surface area contributed by atoms with Gasteiger partial charge in [-0.3, -0.25) is 9.20 Å². The van der Waals surface area contributed by atoms with Crippen molar-refractivity contribution >= 4 is 40.1 Å². The first-order valence-corrected chi connectivity index (χ1v) is 9.36. The molecule has 3 aromatic heterocycles. The van der Waals surface area contributed by atoms with Crippen molar-refractivity contribution < 1.29 is 4.79 Å². The van der Waals surface area contributed by atoms with E-state index in [4.69, 9.17) is 0 Å². The van der Waals surface area contributed by atoms with Crippen LogP contribution in [0.5, 0.6) is 0 Å². The Kier molecular flexibility index (Phi) is 3.84. The normalized spacial score (nSPS) is 11.2. The lowest BCUT2D eigenvalue weighted by Crippen LogP contribution is -2.11. The number of benzene rings is 2. The third-order valence-corrected chi connectivity index (χ3v) is 5.11. The minimum Gasteiger partial charge on any atom is -0.322 e. The van der Waals surface area contributed by atoms with Crippen LogP contribution in [0.25, 0.3) is 28.1 Å². The van der Waals surface area contributed by atoms with Crippen LogP contribution in [0, 0.1) is 6.92 Å². The number of carbonyl (C=O) groups is 1. The lowest BCUT2D eigenvalue weighted by molar-refractivity contribution is 0.102. The molecule has 0 saturated heterocycles. The van der Waals surface area contributed by atoms with Crippen LogP contribution in [0.3, 0.4) is 0 Å². The average molecular weight is 386 g/mol. The minimum absolute atomic E-state index is 0.194. The van der Waals surface area contributed by atoms with Crippen LogP contribution in [0.1, 0.15) is 16.1 Å². The van der Waals surface area contributed by atoms with Crippen molar-refractivity contribution in [3.05, 3.63) is 72.2 Å². The molecule has 0 unspecified atom stereocenters. The molecule has 3 heterocycles. The Morgan fingerprint density at radius 2 is 1.96 bits per heavy atom. The van der Waals surface area contributed by atoms with Crippen LogP contribution in [0.15, 0.2) is 60.9 Å². The maximum absolute atomic E-state index is 12.6. The number of hydrogen-bond acceptors (Lipinski definition) is 6. The van der Waals surface area contributed by atoms with E-state index in [-0.39, 0.29) is 5.91 Å².